The van der Waals surface area contributed by atoms with Gasteiger partial charge in [0.15, 0.2) is 0 Å². The highest BCUT2D eigenvalue weighted by Crippen LogP contribution is 2.26. The third-order valence-electron chi connectivity index (χ3n) is 2.42. The predicted molar refractivity (Wildman–Crippen MR) is 49.7 cm³/mol. The van der Waals surface area contributed by atoms with Gasteiger partial charge in [-0.15, -0.1) is 10.2 Å². The summed E-state index contributed by atoms with van der Waals surface area (Å²) < 4.78 is 10.7. The molecule has 0 aliphatic carbocycles. The molecule has 78 valence electrons. The van der Waals surface area contributed by atoms with E-state index in [1.165, 1.54) is 0 Å². The highest BCUT2D eigenvalue weighted by molar-refractivity contribution is 4.94. The molecule has 0 radical (unpaired) electrons. The fraction of sp³-hybridized carbons (Fsp3) is 0.778. The van der Waals surface area contributed by atoms with Crippen LogP contribution in [0, 0.1) is 0 Å². The maximum Gasteiger partial charge on any atom is 0.232 e. The largest absolute Gasteiger partial charge is 0.423 e. The first kappa shape index (κ1) is 9.61. The molecule has 1 unspecified atom stereocenters. The van der Waals surface area contributed by atoms with Gasteiger partial charge in [-0.05, 0) is 19.8 Å². The topological polar surface area (TPSA) is 74.2 Å². The predicted octanol–water partition coefficient (Wildman–Crippen LogP) is 0.983. The van der Waals surface area contributed by atoms with Gasteiger partial charge in [-0.2, -0.15) is 0 Å². The molecule has 0 bridgehead atoms. The number of ether oxygens (including phenoxy) is 1. The second kappa shape index (κ2) is 4.06. The summed E-state index contributed by atoms with van der Waals surface area (Å²) >= 11 is 0. The van der Waals surface area contributed by atoms with E-state index in [1.54, 1.807) is 0 Å². The average Bonchev–Trinajstić information content (AvgIpc) is 2.68. The Bertz CT molecular complexity index is 292. The number of hydrogen-bond acceptors (Lipinski definition) is 5. The van der Waals surface area contributed by atoms with E-state index < -0.39 is 0 Å². The molecule has 1 fully saturated rings. The first-order valence-electron chi connectivity index (χ1n) is 4.94. The Morgan fingerprint density at radius 2 is 2.07 bits per heavy atom. The highest BCUT2D eigenvalue weighted by atomic mass is 16.5. The Morgan fingerprint density at radius 1 is 1.36 bits per heavy atom. The Kier molecular flexibility index (Phi) is 2.79. The van der Waals surface area contributed by atoms with Crippen LogP contribution in [0.15, 0.2) is 4.42 Å². The van der Waals surface area contributed by atoms with Crippen LogP contribution in [0.2, 0.25) is 0 Å². The van der Waals surface area contributed by atoms with E-state index in [-0.39, 0.29) is 6.04 Å². The van der Waals surface area contributed by atoms with Gasteiger partial charge in [-0.1, -0.05) is 0 Å². The first-order valence-corrected chi connectivity index (χ1v) is 4.94. The van der Waals surface area contributed by atoms with Gasteiger partial charge in [0.2, 0.25) is 11.8 Å². The molecule has 1 aliphatic rings. The van der Waals surface area contributed by atoms with Crippen molar-refractivity contribution >= 4 is 0 Å². The Labute approximate surface area is 82.6 Å². The SMILES string of the molecule is CC(N)c1nnc(C2CCOCC2)o1. The van der Waals surface area contributed by atoms with Gasteiger partial charge in [0.05, 0.1) is 6.04 Å². The van der Waals surface area contributed by atoms with Crippen molar-refractivity contribution in [3.8, 4) is 0 Å². The van der Waals surface area contributed by atoms with E-state index >= 15 is 0 Å². The molecule has 2 rings (SSSR count). The van der Waals surface area contributed by atoms with Gasteiger partial charge in [-0.3, -0.25) is 0 Å². The zero-order valence-electron chi connectivity index (χ0n) is 8.27. The molecule has 1 aromatic heterocycles. The summed E-state index contributed by atoms with van der Waals surface area (Å²) in [7, 11) is 0. The maximum atomic E-state index is 5.64. The van der Waals surface area contributed by atoms with Crippen LogP contribution in [0.5, 0.6) is 0 Å². The van der Waals surface area contributed by atoms with Crippen molar-refractivity contribution in [1.29, 1.82) is 0 Å². The third kappa shape index (κ3) is 1.93. The molecule has 5 nitrogen and oxygen atoms in total. The number of hydrogen-bond donors (Lipinski definition) is 1. The van der Waals surface area contributed by atoms with E-state index in [9.17, 15) is 0 Å². The number of aromatic nitrogens is 2. The normalized spacial score (nSPS) is 21.0. The fourth-order valence-corrected chi connectivity index (χ4v) is 1.54. The van der Waals surface area contributed by atoms with Crippen molar-refractivity contribution in [2.45, 2.75) is 31.7 Å². The highest BCUT2D eigenvalue weighted by Gasteiger charge is 2.22. The van der Waals surface area contributed by atoms with Crippen molar-refractivity contribution in [1.82, 2.24) is 10.2 Å². The number of nitrogens with two attached hydrogens (primary N) is 1. The Balaban J connectivity index is 2.07. The van der Waals surface area contributed by atoms with Crippen LogP contribution in [-0.4, -0.2) is 23.4 Å². The second-order valence-corrected chi connectivity index (χ2v) is 3.65. The molecule has 2 N–H and O–H groups in total. The summed E-state index contributed by atoms with van der Waals surface area (Å²) in [5.41, 5.74) is 5.64. The molecule has 0 aromatic carbocycles. The van der Waals surface area contributed by atoms with Crippen molar-refractivity contribution in [2.24, 2.45) is 5.73 Å². The summed E-state index contributed by atoms with van der Waals surface area (Å²) in [6, 6.07) is -0.184. The van der Waals surface area contributed by atoms with E-state index in [2.05, 4.69) is 10.2 Å². The van der Waals surface area contributed by atoms with Crippen LogP contribution in [0.4, 0.5) is 0 Å². The lowest BCUT2D eigenvalue weighted by Crippen LogP contribution is -2.14. The van der Waals surface area contributed by atoms with Crippen LogP contribution >= 0.6 is 0 Å². The second-order valence-electron chi connectivity index (χ2n) is 3.65. The molecule has 5 heteroatoms. The summed E-state index contributed by atoms with van der Waals surface area (Å²) in [5.74, 6) is 1.58. The van der Waals surface area contributed by atoms with E-state index in [4.69, 9.17) is 14.9 Å². The van der Waals surface area contributed by atoms with Gasteiger partial charge in [-0.25, -0.2) is 0 Å². The summed E-state index contributed by atoms with van der Waals surface area (Å²) in [5, 5.41) is 7.92. The standard InChI is InChI=1S/C9H15N3O2/c1-6(10)8-11-12-9(14-8)7-2-4-13-5-3-7/h6-7H,2-5,10H2,1H3. The van der Waals surface area contributed by atoms with Crippen LogP contribution in [0.25, 0.3) is 0 Å². The molecule has 0 amide bonds. The molecule has 1 aromatic rings. The average molecular weight is 197 g/mol. The minimum absolute atomic E-state index is 0.184. The van der Waals surface area contributed by atoms with E-state index in [0.717, 1.165) is 26.1 Å². The van der Waals surface area contributed by atoms with Gasteiger partial charge < -0.3 is 14.9 Å². The number of nitrogens with zero attached hydrogens (tertiary/aromatic N) is 2. The lowest BCUT2D eigenvalue weighted by Gasteiger charge is -2.18. The lowest BCUT2D eigenvalue weighted by atomic mass is 10.0. The van der Waals surface area contributed by atoms with Crippen molar-refractivity contribution in [2.75, 3.05) is 13.2 Å². The zero-order chi connectivity index (χ0) is 9.97. The van der Waals surface area contributed by atoms with Crippen molar-refractivity contribution in [3.05, 3.63) is 11.8 Å². The van der Waals surface area contributed by atoms with Crippen LogP contribution in [-0.2, 0) is 4.74 Å². The smallest absolute Gasteiger partial charge is 0.232 e. The molecule has 2 heterocycles. The minimum atomic E-state index is -0.184. The zero-order valence-corrected chi connectivity index (χ0v) is 8.27. The Hall–Kier alpha value is -0.940. The molecular formula is C9H15N3O2. The van der Waals surface area contributed by atoms with E-state index in [0.29, 0.717) is 17.7 Å². The van der Waals surface area contributed by atoms with Gasteiger partial charge in [0, 0.05) is 19.1 Å². The maximum absolute atomic E-state index is 5.64. The molecule has 14 heavy (non-hydrogen) atoms. The van der Waals surface area contributed by atoms with Gasteiger partial charge in [0.25, 0.3) is 0 Å². The molecular weight excluding hydrogens is 182 g/mol. The van der Waals surface area contributed by atoms with Crippen LogP contribution in [0.1, 0.15) is 43.5 Å². The van der Waals surface area contributed by atoms with Crippen LogP contribution < -0.4 is 5.73 Å². The molecule has 0 spiro atoms. The fourth-order valence-electron chi connectivity index (χ4n) is 1.54. The lowest BCUT2D eigenvalue weighted by molar-refractivity contribution is 0.0790. The molecule has 1 atom stereocenters. The first-order chi connectivity index (χ1) is 6.77. The summed E-state index contributed by atoms with van der Waals surface area (Å²) in [6.07, 6.45) is 1.92. The third-order valence-corrected chi connectivity index (χ3v) is 2.42. The van der Waals surface area contributed by atoms with Crippen molar-refractivity contribution in [3.63, 3.8) is 0 Å². The van der Waals surface area contributed by atoms with E-state index in [1.807, 2.05) is 6.92 Å². The van der Waals surface area contributed by atoms with Crippen molar-refractivity contribution < 1.29 is 9.15 Å². The van der Waals surface area contributed by atoms with Gasteiger partial charge >= 0.3 is 0 Å². The molecule has 1 saturated heterocycles. The van der Waals surface area contributed by atoms with Gasteiger partial charge in [0.1, 0.15) is 0 Å². The summed E-state index contributed by atoms with van der Waals surface area (Å²) in [4.78, 5) is 0. The monoisotopic (exact) mass is 197 g/mol. The Morgan fingerprint density at radius 3 is 2.64 bits per heavy atom. The van der Waals surface area contributed by atoms with Crippen LogP contribution in [0.3, 0.4) is 0 Å². The molecule has 0 saturated carbocycles. The minimum Gasteiger partial charge on any atom is -0.423 e. The number of rotatable bonds is 2. The molecule has 1 aliphatic heterocycles. The summed E-state index contributed by atoms with van der Waals surface area (Å²) in [6.45, 7) is 3.39. The quantitative estimate of drug-likeness (QED) is 0.765.